The lowest BCUT2D eigenvalue weighted by Crippen LogP contribution is -2.23. The van der Waals surface area contributed by atoms with Crippen molar-refractivity contribution < 1.29 is 9.13 Å². The van der Waals surface area contributed by atoms with Gasteiger partial charge in [-0.2, -0.15) is 0 Å². The molecule has 1 rings (SSSR count). The number of rotatable bonds is 5. The van der Waals surface area contributed by atoms with E-state index >= 15 is 0 Å². The number of nitro groups is 1. The van der Waals surface area contributed by atoms with Gasteiger partial charge < -0.3 is 5.73 Å². The van der Waals surface area contributed by atoms with Gasteiger partial charge in [-0.05, 0) is 13.0 Å². The van der Waals surface area contributed by atoms with Crippen molar-refractivity contribution in [1.29, 1.82) is 0 Å². The lowest BCUT2D eigenvalue weighted by Gasteiger charge is -2.09. The third kappa shape index (κ3) is 3.49. The molecule has 0 fully saturated rings. The molecule has 2 N–H and O–H groups in total. The number of nitro benzene ring substituents is 1. The second kappa shape index (κ2) is 6.09. The molecule has 0 saturated heterocycles. The number of benzene rings is 1. The number of nitrogens with zero attached hydrogens (tertiary/aromatic N) is 1. The zero-order valence-electron chi connectivity index (χ0n) is 9.26. The van der Waals surface area contributed by atoms with E-state index in [1.54, 1.807) is 13.0 Å². The zero-order chi connectivity index (χ0) is 13.0. The molecule has 5 nitrogen and oxygen atoms in total. The fourth-order valence-electron chi connectivity index (χ4n) is 1.25. The number of nitrogens with two attached hydrogens (primary N) is 1. The van der Waals surface area contributed by atoms with Gasteiger partial charge in [-0.25, -0.2) is 0 Å². The number of halogens is 1. The summed E-state index contributed by atoms with van der Waals surface area (Å²) < 4.78 is 11.8. The van der Waals surface area contributed by atoms with Crippen molar-refractivity contribution in [2.24, 2.45) is 5.73 Å². The van der Waals surface area contributed by atoms with Crippen molar-refractivity contribution in [2.75, 3.05) is 6.54 Å². The van der Waals surface area contributed by atoms with Crippen LogP contribution in [0.3, 0.4) is 0 Å². The van der Waals surface area contributed by atoms with E-state index in [2.05, 4.69) is 0 Å². The summed E-state index contributed by atoms with van der Waals surface area (Å²) in [6.45, 7) is 2.00. The van der Waals surface area contributed by atoms with E-state index in [9.17, 15) is 14.3 Å². The molecule has 0 aliphatic carbocycles. The highest BCUT2D eigenvalue weighted by Gasteiger charge is 2.20. The summed E-state index contributed by atoms with van der Waals surface area (Å²) in [7, 11) is -1.27. The van der Waals surface area contributed by atoms with Gasteiger partial charge in [-0.15, -0.1) is 0 Å². The van der Waals surface area contributed by atoms with Crippen LogP contribution in [0.1, 0.15) is 12.5 Å². The Balaban J connectivity index is 3.05. The van der Waals surface area contributed by atoms with Crippen molar-refractivity contribution in [3.8, 4) is 0 Å². The lowest BCUT2D eigenvalue weighted by atomic mass is 10.2. The Kier molecular flexibility index (Phi) is 5.04. The Morgan fingerprint density at radius 3 is 2.76 bits per heavy atom. The molecule has 17 heavy (non-hydrogen) atoms. The first-order valence-electron chi connectivity index (χ1n) is 4.96. The first kappa shape index (κ1) is 14.1. The first-order valence-corrected chi connectivity index (χ1v) is 6.72. The summed E-state index contributed by atoms with van der Waals surface area (Å²) in [4.78, 5) is 10.3. The largest absolute Gasteiger partial charge is 0.329 e. The average Bonchev–Trinajstić information content (AvgIpc) is 2.30. The van der Waals surface area contributed by atoms with Crippen molar-refractivity contribution in [3.63, 3.8) is 0 Å². The van der Waals surface area contributed by atoms with Crippen LogP contribution in [0, 0.1) is 10.1 Å². The van der Waals surface area contributed by atoms with Gasteiger partial charge in [0.15, 0.2) is 0 Å². The van der Waals surface area contributed by atoms with Crippen LogP contribution in [0.5, 0.6) is 0 Å². The number of hydrogen-bond donors (Lipinski definition) is 1. The molecular formula is C10H13ClN2O3S. The van der Waals surface area contributed by atoms with E-state index in [-0.39, 0.29) is 28.3 Å². The highest BCUT2D eigenvalue weighted by Crippen LogP contribution is 2.27. The second-order valence-electron chi connectivity index (χ2n) is 3.57. The summed E-state index contributed by atoms with van der Waals surface area (Å²) in [5.41, 5.74) is 5.60. The Morgan fingerprint density at radius 2 is 2.24 bits per heavy atom. The molecule has 0 saturated carbocycles. The molecule has 2 unspecified atom stereocenters. The van der Waals surface area contributed by atoms with Gasteiger partial charge in [0.25, 0.3) is 5.69 Å². The standard InChI is InChI=1S/C10H13ClN2O3S/c1-7(5-12)17(16)6-8-9(11)3-2-4-10(8)13(14)15/h2-4,7H,5-6,12H2,1H3. The minimum atomic E-state index is -1.27. The minimum Gasteiger partial charge on any atom is -0.329 e. The normalized spacial score (nSPS) is 14.3. The van der Waals surface area contributed by atoms with Crippen LogP contribution in [0.25, 0.3) is 0 Å². The molecule has 0 spiro atoms. The first-order chi connectivity index (χ1) is 7.97. The summed E-state index contributed by atoms with van der Waals surface area (Å²) in [6.07, 6.45) is 0. The SMILES string of the molecule is CC(CN)S(=O)Cc1c(Cl)cccc1[N+](=O)[O-]. The number of hydrogen-bond acceptors (Lipinski definition) is 4. The van der Waals surface area contributed by atoms with Crippen molar-refractivity contribution in [2.45, 2.75) is 17.9 Å². The molecule has 0 aliphatic heterocycles. The fraction of sp³-hybridized carbons (Fsp3) is 0.400. The topological polar surface area (TPSA) is 86.2 Å². The minimum absolute atomic E-state index is 0.0500. The third-order valence-corrected chi connectivity index (χ3v) is 4.38. The lowest BCUT2D eigenvalue weighted by molar-refractivity contribution is -0.385. The summed E-state index contributed by atoms with van der Waals surface area (Å²) >= 11 is 5.90. The van der Waals surface area contributed by atoms with E-state index in [4.69, 9.17) is 17.3 Å². The molecule has 0 amide bonds. The van der Waals surface area contributed by atoms with Crippen molar-refractivity contribution >= 4 is 28.1 Å². The molecule has 0 heterocycles. The van der Waals surface area contributed by atoms with Crippen LogP contribution in [-0.4, -0.2) is 20.9 Å². The molecular weight excluding hydrogens is 264 g/mol. The van der Waals surface area contributed by atoms with E-state index < -0.39 is 15.7 Å². The van der Waals surface area contributed by atoms with Gasteiger partial charge in [-0.3, -0.25) is 14.3 Å². The van der Waals surface area contributed by atoms with Crippen LogP contribution < -0.4 is 5.73 Å². The molecule has 0 aliphatic rings. The molecule has 0 bridgehead atoms. The maximum absolute atomic E-state index is 11.8. The van der Waals surface area contributed by atoms with Gasteiger partial charge in [0, 0.05) is 28.7 Å². The molecule has 1 aromatic carbocycles. The van der Waals surface area contributed by atoms with Crippen molar-refractivity contribution in [3.05, 3.63) is 38.9 Å². The molecule has 94 valence electrons. The molecule has 7 heteroatoms. The quantitative estimate of drug-likeness (QED) is 0.657. The fourth-order valence-corrected chi connectivity index (χ4v) is 2.66. The van der Waals surface area contributed by atoms with E-state index in [0.29, 0.717) is 5.56 Å². The average molecular weight is 277 g/mol. The predicted molar refractivity (Wildman–Crippen MR) is 68.5 cm³/mol. The van der Waals surface area contributed by atoms with Gasteiger partial charge in [0.1, 0.15) is 0 Å². The molecule has 0 aromatic heterocycles. The Labute approximate surface area is 107 Å². The Bertz CT molecular complexity index is 453. The van der Waals surface area contributed by atoms with E-state index in [1.807, 2.05) is 0 Å². The van der Waals surface area contributed by atoms with Crippen LogP contribution in [0.15, 0.2) is 18.2 Å². The maximum Gasteiger partial charge on any atom is 0.275 e. The summed E-state index contributed by atoms with van der Waals surface area (Å²) in [5, 5.41) is 10.9. The predicted octanol–water partition coefficient (Wildman–Crippen LogP) is 1.84. The maximum atomic E-state index is 11.8. The van der Waals surface area contributed by atoms with Gasteiger partial charge in [0.05, 0.1) is 21.3 Å². The van der Waals surface area contributed by atoms with Crippen LogP contribution in [-0.2, 0) is 16.6 Å². The van der Waals surface area contributed by atoms with Crippen LogP contribution in [0.2, 0.25) is 5.02 Å². The van der Waals surface area contributed by atoms with Crippen LogP contribution >= 0.6 is 11.6 Å². The smallest absolute Gasteiger partial charge is 0.275 e. The monoisotopic (exact) mass is 276 g/mol. The highest BCUT2D eigenvalue weighted by atomic mass is 35.5. The van der Waals surface area contributed by atoms with Crippen molar-refractivity contribution in [1.82, 2.24) is 0 Å². The highest BCUT2D eigenvalue weighted by molar-refractivity contribution is 7.84. The summed E-state index contributed by atoms with van der Waals surface area (Å²) in [5.74, 6) is 0.0500. The third-order valence-electron chi connectivity index (χ3n) is 2.36. The van der Waals surface area contributed by atoms with Gasteiger partial charge >= 0.3 is 0 Å². The molecule has 2 atom stereocenters. The molecule has 0 radical (unpaired) electrons. The van der Waals surface area contributed by atoms with E-state index in [1.165, 1.54) is 12.1 Å². The van der Waals surface area contributed by atoms with Gasteiger partial charge in [0.2, 0.25) is 0 Å². The van der Waals surface area contributed by atoms with Crippen LogP contribution in [0.4, 0.5) is 5.69 Å². The Hall–Kier alpha value is -0.980. The van der Waals surface area contributed by atoms with E-state index in [0.717, 1.165) is 0 Å². The summed E-state index contributed by atoms with van der Waals surface area (Å²) in [6, 6.07) is 4.40. The van der Waals surface area contributed by atoms with Gasteiger partial charge in [-0.1, -0.05) is 17.7 Å². The Morgan fingerprint density at radius 1 is 1.59 bits per heavy atom. The molecule has 1 aromatic rings. The zero-order valence-corrected chi connectivity index (χ0v) is 10.8. The second-order valence-corrected chi connectivity index (χ2v) is 5.83.